The van der Waals surface area contributed by atoms with E-state index >= 15 is 0 Å². The Morgan fingerprint density at radius 2 is 2.05 bits per heavy atom. The molecule has 0 spiro atoms. The van der Waals surface area contributed by atoms with Crippen LogP contribution in [0.5, 0.6) is 0 Å². The molecule has 0 N–H and O–H groups in total. The second kappa shape index (κ2) is 5.41. The van der Waals surface area contributed by atoms with E-state index in [2.05, 4.69) is 11.6 Å². The molecule has 0 atom stereocenters. The van der Waals surface area contributed by atoms with Crippen molar-refractivity contribution in [2.24, 2.45) is 0 Å². The van der Waals surface area contributed by atoms with Crippen molar-refractivity contribution in [3.63, 3.8) is 0 Å². The minimum atomic E-state index is -2.97. The molecule has 1 heterocycles. The van der Waals surface area contributed by atoms with Crippen LogP contribution in [0.1, 0.15) is 13.8 Å². The molecule has 4 heteroatoms. The molecule has 0 unspecified atom stereocenters. The first-order valence-corrected chi connectivity index (χ1v) is 6.28. The van der Waals surface area contributed by atoms with Crippen molar-refractivity contribution < 1.29 is 8.78 Å². The summed E-state index contributed by atoms with van der Waals surface area (Å²) in [6.07, 6.45) is 6.18. The van der Waals surface area contributed by atoms with E-state index in [1.807, 2.05) is 24.3 Å². The summed E-state index contributed by atoms with van der Waals surface area (Å²) in [5, 5.41) is 0. The van der Waals surface area contributed by atoms with Gasteiger partial charge in [0.25, 0.3) is 5.92 Å². The zero-order valence-corrected chi connectivity index (χ0v) is 11.5. The Morgan fingerprint density at radius 3 is 2.70 bits per heavy atom. The fourth-order valence-corrected chi connectivity index (χ4v) is 1.99. The molecule has 0 saturated heterocycles. The lowest BCUT2D eigenvalue weighted by Gasteiger charge is -2.18. The van der Waals surface area contributed by atoms with Crippen LogP contribution < -0.4 is 0 Å². The second-order valence-electron chi connectivity index (χ2n) is 4.54. The normalized spacial score (nSPS) is 13.3. The lowest BCUT2D eigenvalue weighted by Crippen LogP contribution is -2.17. The molecule has 104 valence electrons. The molecular weight excluding hydrogens is 258 g/mol. The highest BCUT2D eigenvalue weighted by molar-refractivity contribution is 5.82. The molecular formula is C16H16F2N2. The SMILES string of the molecule is C=C(/C(=C\C=C/C)C(C)(F)F)n1cnc2ccccc21. The van der Waals surface area contributed by atoms with Gasteiger partial charge < -0.3 is 0 Å². The summed E-state index contributed by atoms with van der Waals surface area (Å²) in [7, 11) is 0. The highest BCUT2D eigenvalue weighted by Gasteiger charge is 2.30. The standard InChI is InChI=1S/C16H16F2N2/c1-4-5-8-13(16(3,17)18)12(2)20-11-19-14-9-6-7-10-15(14)20/h4-11H,2H2,1,3H3/b5-4-,13-8+. The Bertz CT molecular complexity index is 688. The molecule has 2 rings (SSSR count). The maximum Gasteiger partial charge on any atom is 0.272 e. The summed E-state index contributed by atoms with van der Waals surface area (Å²) in [6, 6.07) is 7.35. The van der Waals surface area contributed by atoms with E-state index in [0.717, 1.165) is 18.0 Å². The van der Waals surface area contributed by atoms with Gasteiger partial charge in [0.05, 0.1) is 11.0 Å². The van der Waals surface area contributed by atoms with Crippen molar-refractivity contribution in [3.05, 3.63) is 61.0 Å². The minimum absolute atomic E-state index is 0.126. The molecule has 0 fully saturated rings. The number of imidazole rings is 1. The van der Waals surface area contributed by atoms with Crippen molar-refractivity contribution in [2.75, 3.05) is 0 Å². The van der Waals surface area contributed by atoms with Gasteiger partial charge >= 0.3 is 0 Å². The van der Waals surface area contributed by atoms with E-state index in [0.29, 0.717) is 0 Å². The molecule has 0 saturated carbocycles. The molecule has 2 aromatic rings. The predicted molar refractivity (Wildman–Crippen MR) is 78.6 cm³/mol. The average molecular weight is 274 g/mol. The van der Waals surface area contributed by atoms with Gasteiger partial charge in [0, 0.05) is 18.2 Å². The molecule has 1 aromatic heterocycles. The van der Waals surface area contributed by atoms with Crippen molar-refractivity contribution >= 4 is 16.7 Å². The molecule has 1 aromatic carbocycles. The summed E-state index contributed by atoms with van der Waals surface area (Å²) in [5.41, 5.74) is 1.61. The summed E-state index contributed by atoms with van der Waals surface area (Å²) in [6.45, 7) is 6.45. The summed E-state index contributed by atoms with van der Waals surface area (Å²) < 4.78 is 29.1. The van der Waals surface area contributed by atoms with Crippen LogP contribution >= 0.6 is 0 Å². The largest absolute Gasteiger partial charge is 0.299 e. The number of hydrogen-bond donors (Lipinski definition) is 0. The van der Waals surface area contributed by atoms with Crippen LogP contribution in [-0.2, 0) is 0 Å². The van der Waals surface area contributed by atoms with Gasteiger partial charge in [-0.15, -0.1) is 0 Å². The van der Waals surface area contributed by atoms with E-state index in [9.17, 15) is 8.78 Å². The summed E-state index contributed by atoms with van der Waals surface area (Å²) in [5.74, 6) is -2.97. The van der Waals surface area contributed by atoms with Gasteiger partial charge in [0.1, 0.15) is 6.33 Å². The Hall–Kier alpha value is -2.23. The van der Waals surface area contributed by atoms with Crippen molar-refractivity contribution in [1.82, 2.24) is 9.55 Å². The third-order valence-corrected chi connectivity index (χ3v) is 2.98. The predicted octanol–water partition coefficient (Wildman–Crippen LogP) is 4.66. The van der Waals surface area contributed by atoms with Crippen molar-refractivity contribution in [2.45, 2.75) is 19.8 Å². The highest BCUT2D eigenvalue weighted by atomic mass is 19.3. The third-order valence-electron chi connectivity index (χ3n) is 2.98. The average Bonchev–Trinajstić information content (AvgIpc) is 2.81. The van der Waals surface area contributed by atoms with Crippen molar-refractivity contribution in [3.8, 4) is 0 Å². The van der Waals surface area contributed by atoms with Crippen LogP contribution in [0.3, 0.4) is 0 Å². The van der Waals surface area contributed by atoms with E-state index in [1.165, 1.54) is 12.4 Å². The van der Waals surface area contributed by atoms with Gasteiger partial charge in [-0.25, -0.2) is 13.8 Å². The van der Waals surface area contributed by atoms with Gasteiger partial charge in [-0.1, -0.05) is 36.9 Å². The molecule has 2 nitrogen and oxygen atoms in total. The van der Waals surface area contributed by atoms with Crippen LogP contribution in [0, 0.1) is 0 Å². The van der Waals surface area contributed by atoms with Gasteiger partial charge in [0.15, 0.2) is 0 Å². The molecule has 0 aliphatic rings. The van der Waals surface area contributed by atoms with E-state index in [4.69, 9.17) is 0 Å². The fourth-order valence-electron chi connectivity index (χ4n) is 1.99. The van der Waals surface area contributed by atoms with E-state index in [-0.39, 0.29) is 11.3 Å². The first kappa shape index (κ1) is 14.2. The number of nitrogens with zero attached hydrogens (tertiary/aromatic N) is 2. The van der Waals surface area contributed by atoms with Crippen LogP contribution in [-0.4, -0.2) is 15.5 Å². The quantitative estimate of drug-likeness (QED) is 0.741. The third kappa shape index (κ3) is 2.69. The summed E-state index contributed by atoms with van der Waals surface area (Å²) in [4.78, 5) is 4.20. The Labute approximate surface area is 116 Å². The van der Waals surface area contributed by atoms with Gasteiger partial charge in [-0.05, 0) is 19.1 Å². The lowest BCUT2D eigenvalue weighted by molar-refractivity contribution is 0.0683. The molecule has 0 aliphatic carbocycles. The van der Waals surface area contributed by atoms with Crippen LogP contribution in [0.2, 0.25) is 0 Å². The Balaban J connectivity index is 2.53. The van der Waals surface area contributed by atoms with Gasteiger partial charge in [-0.3, -0.25) is 4.57 Å². The first-order valence-electron chi connectivity index (χ1n) is 6.28. The molecule has 0 aliphatic heterocycles. The minimum Gasteiger partial charge on any atom is -0.299 e. The number of alkyl halides is 2. The van der Waals surface area contributed by atoms with Crippen LogP contribution in [0.25, 0.3) is 16.7 Å². The number of hydrogen-bond acceptors (Lipinski definition) is 1. The Morgan fingerprint density at radius 1 is 1.35 bits per heavy atom. The number of para-hydroxylation sites is 2. The van der Waals surface area contributed by atoms with Crippen LogP contribution in [0.15, 0.2) is 61.0 Å². The molecule has 0 radical (unpaired) electrons. The zero-order valence-electron chi connectivity index (χ0n) is 11.5. The number of rotatable bonds is 4. The number of allylic oxidation sites excluding steroid dienone is 5. The summed E-state index contributed by atoms with van der Waals surface area (Å²) >= 11 is 0. The van der Waals surface area contributed by atoms with Gasteiger partial charge in [-0.2, -0.15) is 0 Å². The molecule has 20 heavy (non-hydrogen) atoms. The number of halogens is 2. The van der Waals surface area contributed by atoms with Crippen LogP contribution in [0.4, 0.5) is 8.78 Å². The second-order valence-corrected chi connectivity index (χ2v) is 4.54. The number of benzene rings is 1. The first-order chi connectivity index (χ1) is 9.45. The molecule has 0 amide bonds. The monoisotopic (exact) mass is 274 g/mol. The fraction of sp³-hybridized carbons (Fsp3) is 0.188. The van der Waals surface area contributed by atoms with E-state index < -0.39 is 5.92 Å². The maximum absolute atomic E-state index is 13.8. The highest BCUT2D eigenvalue weighted by Crippen LogP contribution is 2.32. The van der Waals surface area contributed by atoms with E-state index in [1.54, 1.807) is 23.6 Å². The number of aromatic nitrogens is 2. The van der Waals surface area contributed by atoms with Crippen molar-refractivity contribution in [1.29, 1.82) is 0 Å². The topological polar surface area (TPSA) is 17.8 Å². The lowest BCUT2D eigenvalue weighted by atomic mass is 10.1. The number of fused-ring (bicyclic) bond motifs is 1. The molecule has 0 bridgehead atoms. The smallest absolute Gasteiger partial charge is 0.272 e. The van der Waals surface area contributed by atoms with Gasteiger partial charge in [0.2, 0.25) is 0 Å². The zero-order chi connectivity index (χ0) is 14.8. The maximum atomic E-state index is 13.8. The Kier molecular flexibility index (Phi) is 3.84.